The Bertz CT molecular complexity index is 1230. The molecule has 0 radical (unpaired) electrons. The minimum atomic E-state index is -0.661. The SMILES string of the molecule is CCCC/C=C\C/C=C\CCCCCCCC(=O)OCCCCCCCCCCCCCC/C=C\CCCCCCCCCCCCCCCCCCCC(=O)NC(CO)C(O)CCCCCCCCCCCCCC. The number of esters is 1. The molecule has 1 amide bonds. The van der Waals surface area contributed by atoms with Gasteiger partial charge in [0.25, 0.3) is 0 Å². The summed E-state index contributed by atoms with van der Waals surface area (Å²) in [7, 11) is 0. The smallest absolute Gasteiger partial charge is 0.305 e. The lowest BCUT2D eigenvalue weighted by atomic mass is 10.0. The first-order valence-electron chi connectivity index (χ1n) is 34.2. The van der Waals surface area contributed by atoms with Crippen LogP contribution in [0.5, 0.6) is 0 Å². The molecule has 0 aliphatic carbocycles. The van der Waals surface area contributed by atoms with E-state index in [0.717, 1.165) is 51.4 Å². The molecule has 0 aliphatic rings. The van der Waals surface area contributed by atoms with Gasteiger partial charge in [-0.3, -0.25) is 9.59 Å². The van der Waals surface area contributed by atoms with E-state index in [9.17, 15) is 19.8 Å². The summed E-state index contributed by atoms with van der Waals surface area (Å²) in [6.45, 7) is 4.92. The first kappa shape index (κ1) is 74.1. The van der Waals surface area contributed by atoms with Crippen LogP contribution in [0.25, 0.3) is 0 Å². The summed E-state index contributed by atoms with van der Waals surface area (Å²) in [4.78, 5) is 24.5. The first-order chi connectivity index (χ1) is 37.5. The Balaban J connectivity index is 3.34. The van der Waals surface area contributed by atoms with Crippen molar-refractivity contribution in [1.82, 2.24) is 5.32 Å². The summed E-state index contributed by atoms with van der Waals surface area (Å²) < 4.78 is 5.48. The standard InChI is InChI=1S/C70H133NO5/c1-3-5-7-9-11-13-15-17-40-44-48-52-56-60-64-70(75)76-65-61-57-53-49-45-41-38-36-34-32-30-28-26-24-22-20-18-19-21-23-25-27-29-31-33-35-37-39-43-47-51-55-59-63-69(74)71-67(66-72)68(73)62-58-54-50-46-42-16-14-12-10-8-6-4-2/h9,11,15,17,22,24,67-68,72-73H,3-8,10,12-14,16,18-21,23,25-66H2,1-2H3,(H,71,74)/b11-9-,17-15-,24-22-. The van der Waals surface area contributed by atoms with E-state index >= 15 is 0 Å². The third kappa shape index (κ3) is 61.3. The molecule has 0 saturated carbocycles. The average molecular weight is 1070 g/mol. The molecule has 0 aromatic carbocycles. The van der Waals surface area contributed by atoms with Crippen molar-refractivity contribution in [3.8, 4) is 0 Å². The highest BCUT2D eigenvalue weighted by Crippen LogP contribution is 2.18. The van der Waals surface area contributed by atoms with Crippen LogP contribution in [0.4, 0.5) is 0 Å². The van der Waals surface area contributed by atoms with Crippen LogP contribution in [0.15, 0.2) is 36.5 Å². The van der Waals surface area contributed by atoms with E-state index in [2.05, 4.69) is 55.6 Å². The predicted molar refractivity (Wildman–Crippen MR) is 333 cm³/mol. The molecule has 448 valence electrons. The number of carbonyl (C=O) groups is 2. The number of hydrogen-bond donors (Lipinski definition) is 3. The lowest BCUT2D eigenvalue weighted by molar-refractivity contribution is -0.143. The normalized spacial score (nSPS) is 12.7. The van der Waals surface area contributed by atoms with Gasteiger partial charge in [0.05, 0.1) is 25.4 Å². The molecular formula is C70H133NO5. The molecule has 0 saturated heterocycles. The number of carbonyl (C=O) groups excluding carboxylic acids is 2. The average Bonchev–Trinajstić information content (AvgIpc) is 3.42. The second-order valence-corrected chi connectivity index (χ2v) is 23.5. The lowest BCUT2D eigenvalue weighted by Gasteiger charge is -2.22. The van der Waals surface area contributed by atoms with E-state index in [1.54, 1.807) is 0 Å². The number of hydrogen-bond acceptors (Lipinski definition) is 5. The van der Waals surface area contributed by atoms with Gasteiger partial charge in [-0.05, 0) is 77.0 Å². The fourth-order valence-electron chi connectivity index (χ4n) is 10.7. The zero-order valence-electron chi connectivity index (χ0n) is 51.3. The van der Waals surface area contributed by atoms with Gasteiger partial charge in [0.15, 0.2) is 0 Å². The van der Waals surface area contributed by atoms with Crippen molar-refractivity contribution in [3.63, 3.8) is 0 Å². The monoisotopic (exact) mass is 1070 g/mol. The minimum Gasteiger partial charge on any atom is -0.466 e. The van der Waals surface area contributed by atoms with Crippen molar-refractivity contribution >= 4 is 11.9 Å². The van der Waals surface area contributed by atoms with Crippen LogP contribution in [0.3, 0.4) is 0 Å². The van der Waals surface area contributed by atoms with Crippen LogP contribution in [0, 0.1) is 0 Å². The zero-order chi connectivity index (χ0) is 55.0. The maximum atomic E-state index is 12.5. The van der Waals surface area contributed by atoms with Crippen molar-refractivity contribution in [2.45, 2.75) is 386 Å². The summed E-state index contributed by atoms with van der Waals surface area (Å²) in [6, 6.07) is -0.538. The molecule has 2 atom stereocenters. The van der Waals surface area contributed by atoms with E-state index in [1.165, 1.54) is 289 Å². The number of allylic oxidation sites excluding steroid dienone is 6. The van der Waals surface area contributed by atoms with Gasteiger partial charge in [0.2, 0.25) is 5.91 Å². The highest BCUT2D eigenvalue weighted by molar-refractivity contribution is 5.76. The fourth-order valence-corrected chi connectivity index (χ4v) is 10.7. The Morgan fingerprint density at radius 2 is 0.671 bits per heavy atom. The molecule has 3 N–H and O–H groups in total. The lowest BCUT2D eigenvalue weighted by Crippen LogP contribution is -2.45. The molecule has 0 aliphatic heterocycles. The van der Waals surface area contributed by atoms with Gasteiger partial charge in [-0.1, -0.05) is 320 Å². The van der Waals surface area contributed by atoms with E-state index in [0.29, 0.717) is 25.9 Å². The van der Waals surface area contributed by atoms with Crippen molar-refractivity contribution < 1.29 is 24.5 Å². The number of ether oxygens (including phenoxy) is 1. The van der Waals surface area contributed by atoms with Gasteiger partial charge in [0, 0.05) is 12.8 Å². The van der Waals surface area contributed by atoms with Crippen LogP contribution >= 0.6 is 0 Å². The van der Waals surface area contributed by atoms with Crippen LogP contribution in [-0.2, 0) is 14.3 Å². The van der Waals surface area contributed by atoms with E-state index in [4.69, 9.17) is 4.74 Å². The number of aliphatic hydroxyl groups excluding tert-OH is 2. The molecule has 2 unspecified atom stereocenters. The molecule has 0 aromatic heterocycles. The van der Waals surface area contributed by atoms with Crippen LogP contribution < -0.4 is 5.32 Å². The second kappa shape index (κ2) is 65.6. The summed E-state index contributed by atoms with van der Waals surface area (Å²) in [5, 5.41) is 23.3. The molecule has 0 rings (SSSR count). The van der Waals surface area contributed by atoms with Crippen LogP contribution in [0.1, 0.15) is 373 Å². The second-order valence-electron chi connectivity index (χ2n) is 23.5. The van der Waals surface area contributed by atoms with Crippen molar-refractivity contribution in [3.05, 3.63) is 36.5 Å². The van der Waals surface area contributed by atoms with Crippen molar-refractivity contribution in [2.24, 2.45) is 0 Å². The van der Waals surface area contributed by atoms with E-state index in [1.807, 2.05) is 0 Å². The maximum absolute atomic E-state index is 12.5. The zero-order valence-corrected chi connectivity index (χ0v) is 51.3. The van der Waals surface area contributed by atoms with Crippen LogP contribution in [0.2, 0.25) is 0 Å². The number of amides is 1. The summed E-state index contributed by atoms with van der Waals surface area (Å²) in [5.74, 6) is -0.0268. The summed E-state index contributed by atoms with van der Waals surface area (Å²) in [5.41, 5.74) is 0. The highest BCUT2D eigenvalue weighted by Gasteiger charge is 2.20. The first-order valence-corrected chi connectivity index (χ1v) is 34.2. The van der Waals surface area contributed by atoms with Gasteiger partial charge >= 0.3 is 5.97 Å². The Kier molecular flexibility index (Phi) is 63.9. The van der Waals surface area contributed by atoms with Gasteiger partial charge in [-0.15, -0.1) is 0 Å². The van der Waals surface area contributed by atoms with Gasteiger partial charge in [-0.2, -0.15) is 0 Å². The molecule has 0 fully saturated rings. The molecule has 0 aromatic rings. The van der Waals surface area contributed by atoms with Crippen LogP contribution in [-0.4, -0.2) is 47.4 Å². The molecule has 6 heteroatoms. The highest BCUT2D eigenvalue weighted by atomic mass is 16.5. The summed E-state index contributed by atoms with van der Waals surface area (Å²) >= 11 is 0. The van der Waals surface area contributed by atoms with Crippen molar-refractivity contribution in [1.29, 1.82) is 0 Å². The molecule has 6 nitrogen and oxygen atoms in total. The molecular weight excluding hydrogens is 935 g/mol. The van der Waals surface area contributed by atoms with E-state index < -0.39 is 12.1 Å². The number of rotatable bonds is 64. The van der Waals surface area contributed by atoms with Gasteiger partial charge in [0.1, 0.15) is 0 Å². The predicted octanol–water partition coefficient (Wildman–Crippen LogP) is 21.9. The topological polar surface area (TPSA) is 95.9 Å². The molecule has 0 heterocycles. The Morgan fingerprint density at radius 3 is 1.05 bits per heavy atom. The summed E-state index contributed by atoms with van der Waals surface area (Å²) in [6.07, 6.45) is 83.4. The van der Waals surface area contributed by atoms with Gasteiger partial charge < -0.3 is 20.3 Å². The Morgan fingerprint density at radius 1 is 0.368 bits per heavy atom. The number of unbranched alkanes of at least 4 members (excludes halogenated alkanes) is 47. The number of aliphatic hydroxyl groups is 2. The maximum Gasteiger partial charge on any atom is 0.305 e. The molecule has 0 spiro atoms. The van der Waals surface area contributed by atoms with E-state index in [-0.39, 0.29) is 18.5 Å². The Labute approximate surface area is 474 Å². The Hall–Kier alpha value is -1.92. The third-order valence-electron chi connectivity index (χ3n) is 15.9. The van der Waals surface area contributed by atoms with Gasteiger partial charge in [-0.25, -0.2) is 0 Å². The van der Waals surface area contributed by atoms with Crippen molar-refractivity contribution in [2.75, 3.05) is 13.2 Å². The third-order valence-corrected chi connectivity index (χ3v) is 15.9. The fraction of sp³-hybridized carbons (Fsp3) is 0.886. The molecule has 76 heavy (non-hydrogen) atoms. The largest absolute Gasteiger partial charge is 0.466 e. The minimum absolute atomic E-state index is 0.00412. The molecule has 0 bridgehead atoms. The number of nitrogens with one attached hydrogen (secondary N) is 1. The quantitative estimate of drug-likeness (QED) is 0.0320.